The number of carbonyl (C=O) groups is 4. The summed E-state index contributed by atoms with van der Waals surface area (Å²) in [4.78, 5) is 72.3. The fraction of sp³-hybridized carbons (Fsp3) is 0.478. The predicted molar refractivity (Wildman–Crippen MR) is 224 cm³/mol. The largest absolute Gasteiger partial charge is 0.453 e. The van der Waals surface area contributed by atoms with Crippen molar-refractivity contribution in [3.8, 4) is 34.4 Å². The number of aromatic nitrogens is 4. The van der Waals surface area contributed by atoms with Gasteiger partial charge in [0.1, 0.15) is 23.7 Å². The van der Waals surface area contributed by atoms with E-state index in [1.165, 1.54) is 14.2 Å². The molecule has 0 spiro atoms. The van der Waals surface area contributed by atoms with Crippen molar-refractivity contribution < 1.29 is 28.7 Å². The lowest BCUT2D eigenvalue weighted by Gasteiger charge is -2.35. The Labute approximate surface area is 350 Å². The molecule has 4 heterocycles. The quantitative estimate of drug-likeness (QED) is 0.128. The number of piperidine rings is 2. The van der Waals surface area contributed by atoms with Gasteiger partial charge in [0.2, 0.25) is 11.8 Å². The minimum atomic E-state index is -0.701. The van der Waals surface area contributed by atoms with Crippen LogP contribution in [0.2, 0.25) is 0 Å². The Hall–Kier alpha value is -6.10. The first-order chi connectivity index (χ1) is 28.6. The average molecular weight is 815 g/mol. The molecule has 14 nitrogen and oxygen atoms in total. The summed E-state index contributed by atoms with van der Waals surface area (Å²) < 4.78 is 9.62. The standard InChI is InChI=1S/C46H54N8O6/c1-25(2)37(51-43(57)59-7)41(55)53-35(21-45(5)22-36(45)53)40-48-24-33(50-40)30-17-13-28(14-18-30)10-9-27-11-15-29(16-12-27)32-23-47-39(49-32)34-19-31-20-46(31,6)54(34)42(56)38(26(3)4)52-44(58)60-8/h11-18,23-26,31,34-38H,19-22H2,1-8H3,(H,47,49)(H,48,50)(H,51,57)(H,52,58)/t31-,34+,35+,36+,37-,38+,45-,46+/m1/s1. The summed E-state index contributed by atoms with van der Waals surface area (Å²) in [6.45, 7) is 12.0. The molecule has 2 aliphatic heterocycles. The van der Waals surface area contributed by atoms with Crippen LogP contribution in [0.25, 0.3) is 22.5 Å². The number of hydrogen-bond donors (Lipinski definition) is 4. The maximum Gasteiger partial charge on any atom is 0.407 e. The van der Waals surface area contributed by atoms with E-state index in [1.807, 2.05) is 86.0 Å². The number of benzene rings is 2. The van der Waals surface area contributed by atoms with Gasteiger partial charge < -0.3 is 39.9 Å². The summed E-state index contributed by atoms with van der Waals surface area (Å²) in [6.07, 6.45) is 5.87. The number of H-pyrrole nitrogens is 2. The third-order valence-electron chi connectivity index (χ3n) is 13.2. The van der Waals surface area contributed by atoms with E-state index in [9.17, 15) is 19.2 Å². The van der Waals surface area contributed by atoms with E-state index in [0.717, 1.165) is 71.0 Å². The van der Waals surface area contributed by atoms with Crippen LogP contribution in [0.1, 0.15) is 102 Å². The number of nitrogens with zero attached hydrogens (tertiary/aromatic N) is 4. The number of rotatable bonds is 10. The second-order valence-electron chi connectivity index (χ2n) is 18.0. The van der Waals surface area contributed by atoms with Crippen molar-refractivity contribution in [2.45, 2.75) is 103 Å². The van der Waals surface area contributed by atoms with Crippen molar-refractivity contribution in [1.82, 2.24) is 40.4 Å². The monoisotopic (exact) mass is 814 g/mol. The Bertz CT molecular complexity index is 2270. The highest BCUT2D eigenvalue weighted by Crippen LogP contribution is 2.63. The fourth-order valence-electron chi connectivity index (χ4n) is 9.40. The molecule has 4 N–H and O–H groups in total. The molecule has 8 atom stereocenters. The summed E-state index contributed by atoms with van der Waals surface area (Å²) in [5.74, 6) is 7.94. The van der Waals surface area contributed by atoms with Gasteiger partial charge >= 0.3 is 12.2 Å². The van der Waals surface area contributed by atoms with Crippen LogP contribution >= 0.6 is 0 Å². The van der Waals surface area contributed by atoms with Gasteiger partial charge in [-0.3, -0.25) is 9.59 Å². The molecule has 4 amide bonds. The van der Waals surface area contributed by atoms with Crippen LogP contribution in [0, 0.1) is 35.0 Å². The van der Waals surface area contributed by atoms with E-state index in [1.54, 1.807) is 12.4 Å². The van der Waals surface area contributed by atoms with Gasteiger partial charge in [0, 0.05) is 22.7 Å². The number of nitrogens with one attached hydrogen (secondary N) is 4. The lowest BCUT2D eigenvalue weighted by atomic mass is 10.00. The summed E-state index contributed by atoms with van der Waals surface area (Å²) in [6, 6.07) is 14.2. The maximum atomic E-state index is 14.0. The van der Waals surface area contributed by atoms with Gasteiger partial charge in [0.15, 0.2) is 0 Å². The third kappa shape index (κ3) is 7.50. The average Bonchev–Trinajstić information content (AvgIpc) is 3.68. The summed E-state index contributed by atoms with van der Waals surface area (Å²) in [5, 5.41) is 5.49. The SMILES string of the molecule is COC(=O)N[C@H](C(=O)N1[C@H](c2ncc(-c3ccc(C#Cc4ccc(-c5cnc([C@@H]6C[C@]7(C)C[C@@H]7N6C(=O)[C@H](NC(=O)OC)C(C)C)[nH]5)cc4)cc3)[nH]2)C[C@@H]2C[C@@]21C)C(C)C. The highest BCUT2D eigenvalue weighted by Gasteiger charge is 2.66. The van der Waals surface area contributed by atoms with Crippen molar-refractivity contribution in [2.75, 3.05) is 14.2 Å². The molecule has 0 radical (unpaired) electrons. The number of likely N-dealkylation sites (tertiary alicyclic amines) is 2. The van der Waals surface area contributed by atoms with Gasteiger partial charge in [-0.1, -0.05) is 70.7 Å². The minimum absolute atomic E-state index is 0.0355. The van der Waals surface area contributed by atoms with Crippen LogP contribution in [0.3, 0.4) is 0 Å². The minimum Gasteiger partial charge on any atom is -0.453 e. The van der Waals surface area contributed by atoms with Gasteiger partial charge in [-0.25, -0.2) is 19.6 Å². The number of methoxy groups -OCH3 is 2. The zero-order valence-corrected chi connectivity index (χ0v) is 35.5. The van der Waals surface area contributed by atoms with E-state index >= 15 is 0 Å². The number of amides is 4. The molecule has 60 heavy (non-hydrogen) atoms. The maximum absolute atomic E-state index is 14.0. The molecule has 314 valence electrons. The first kappa shape index (κ1) is 40.7. The van der Waals surface area contributed by atoms with E-state index in [2.05, 4.69) is 46.3 Å². The summed E-state index contributed by atoms with van der Waals surface area (Å²) >= 11 is 0. The molecule has 14 heteroatoms. The van der Waals surface area contributed by atoms with Crippen LogP contribution in [0.5, 0.6) is 0 Å². The molecular weight excluding hydrogens is 761 g/mol. The lowest BCUT2D eigenvalue weighted by Crippen LogP contribution is -2.54. The van der Waals surface area contributed by atoms with Crippen LogP contribution < -0.4 is 10.6 Å². The highest BCUT2D eigenvalue weighted by atomic mass is 16.5. The smallest absolute Gasteiger partial charge is 0.407 e. The first-order valence-electron chi connectivity index (χ1n) is 20.8. The number of aromatic amines is 2. The molecule has 2 aliphatic carbocycles. The molecule has 0 bridgehead atoms. The fourth-order valence-corrected chi connectivity index (χ4v) is 9.40. The number of carbonyl (C=O) groups excluding carboxylic acids is 4. The summed E-state index contributed by atoms with van der Waals surface area (Å²) in [7, 11) is 2.60. The highest BCUT2D eigenvalue weighted by molar-refractivity contribution is 5.88. The Balaban J connectivity index is 0.918. The number of alkyl carbamates (subject to hydrolysis) is 2. The molecular formula is C46H54N8O6. The van der Waals surface area contributed by atoms with Crippen molar-refractivity contribution >= 4 is 24.0 Å². The summed E-state index contributed by atoms with van der Waals surface area (Å²) in [5.41, 5.74) is 5.11. The molecule has 4 aromatic rings. The van der Waals surface area contributed by atoms with Gasteiger partial charge in [-0.2, -0.15) is 0 Å². The van der Waals surface area contributed by atoms with E-state index in [0.29, 0.717) is 5.92 Å². The zero-order chi connectivity index (χ0) is 42.7. The molecule has 8 rings (SSSR count). The molecule has 0 unspecified atom stereocenters. The van der Waals surface area contributed by atoms with Crippen LogP contribution in [0.4, 0.5) is 9.59 Å². The third-order valence-corrected chi connectivity index (χ3v) is 13.2. The van der Waals surface area contributed by atoms with E-state index < -0.39 is 24.3 Å². The Kier molecular flexibility index (Phi) is 10.5. The Morgan fingerprint density at radius 2 is 1.20 bits per heavy atom. The van der Waals surface area contributed by atoms with Crippen molar-refractivity contribution in [2.24, 2.45) is 23.2 Å². The number of fused-ring (bicyclic) bond motifs is 2. The van der Waals surface area contributed by atoms with Crippen LogP contribution in [-0.2, 0) is 19.1 Å². The van der Waals surface area contributed by atoms with E-state index in [-0.39, 0.29) is 52.7 Å². The zero-order valence-electron chi connectivity index (χ0n) is 35.5. The van der Waals surface area contributed by atoms with Crippen LogP contribution in [-0.4, -0.2) is 91.6 Å². The number of hydrogen-bond acceptors (Lipinski definition) is 8. The second-order valence-corrected chi connectivity index (χ2v) is 18.0. The van der Waals surface area contributed by atoms with Gasteiger partial charge in [-0.15, -0.1) is 0 Å². The first-order valence-corrected chi connectivity index (χ1v) is 20.8. The van der Waals surface area contributed by atoms with Gasteiger partial charge in [0.05, 0.1) is 50.1 Å². The molecule has 2 saturated carbocycles. The molecule has 4 fully saturated rings. The topological polar surface area (TPSA) is 175 Å². The van der Waals surface area contributed by atoms with Crippen molar-refractivity contribution in [3.05, 3.63) is 83.7 Å². The predicted octanol–water partition coefficient (Wildman–Crippen LogP) is 6.73. The molecule has 2 saturated heterocycles. The molecule has 4 aliphatic rings. The van der Waals surface area contributed by atoms with E-state index in [4.69, 9.17) is 19.4 Å². The van der Waals surface area contributed by atoms with Crippen LogP contribution in [0.15, 0.2) is 60.9 Å². The Morgan fingerprint density at radius 3 is 1.68 bits per heavy atom. The van der Waals surface area contributed by atoms with Gasteiger partial charge in [-0.05, 0) is 91.2 Å². The number of imidazole rings is 2. The number of ether oxygens (including phenoxy) is 2. The lowest BCUT2D eigenvalue weighted by molar-refractivity contribution is -0.139. The van der Waals surface area contributed by atoms with Gasteiger partial charge in [0.25, 0.3) is 0 Å². The van der Waals surface area contributed by atoms with Crippen molar-refractivity contribution in [3.63, 3.8) is 0 Å². The Morgan fingerprint density at radius 1 is 0.717 bits per heavy atom. The molecule has 2 aromatic carbocycles. The normalized spacial score (nSPS) is 25.8. The molecule has 2 aromatic heterocycles. The second kappa shape index (κ2) is 15.5. The van der Waals surface area contributed by atoms with Crippen molar-refractivity contribution in [1.29, 1.82) is 0 Å².